The molecule has 0 spiro atoms. The van der Waals surface area contributed by atoms with Crippen LogP contribution in [0.25, 0.3) is 0 Å². The van der Waals surface area contributed by atoms with Crippen molar-refractivity contribution in [3.05, 3.63) is 77.0 Å². The van der Waals surface area contributed by atoms with E-state index in [0.29, 0.717) is 0 Å². The maximum atomic E-state index is 13.4. The van der Waals surface area contributed by atoms with Gasteiger partial charge in [-0.1, -0.05) is 18.8 Å². The number of carbonyl (C=O) groups excluding carboxylic acids is 3. The van der Waals surface area contributed by atoms with Crippen molar-refractivity contribution in [1.82, 2.24) is 15.2 Å². The van der Waals surface area contributed by atoms with Crippen LogP contribution in [0, 0.1) is 17.7 Å². The minimum Gasteiger partial charge on any atom is -0.543 e. The molecule has 0 unspecified atom stereocenters. The first-order chi connectivity index (χ1) is 22.8. The number of hydrogen-bond acceptors (Lipinski definition) is 11. The molecule has 1 aromatic carbocycles. The second-order valence-corrected chi connectivity index (χ2v) is 10.2. The third-order valence-corrected chi connectivity index (χ3v) is 6.54. The number of halogens is 7. The molecule has 1 aliphatic rings. The molecular weight excluding hydrogens is 866 g/mol. The van der Waals surface area contributed by atoms with Gasteiger partial charge in [-0.25, -0.2) is 4.39 Å². The van der Waals surface area contributed by atoms with Gasteiger partial charge in [0.25, 0.3) is 0 Å². The topological polar surface area (TPSA) is 217 Å². The molecule has 3 aromatic rings. The van der Waals surface area contributed by atoms with Crippen LogP contribution < -0.4 is 32.3 Å². The number of carboxylic acids is 2. The van der Waals surface area contributed by atoms with E-state index >= 15 is 0 Å². The third kappa shape index (κ3) is 14.4. The molecule has 2 atom stereocenters. The number of carboxylic acid groups (broad SMARTS) is 2. The first-order valence-electron chi connectivity index (χ1n) is 14.0. The fourth-order valence-corrected chi connectivity index (χ4v) is 4.02. The summed E-state index contributed by atoms with van der Waals surface area (Å²) >= 11 is 0. The number of pyridine rings is 1. The quantitative estimate of drug-likeness (QED) is 0.191. The number of benzene rings is 1. The van der Waals surface area contributed by atoms with E-state index in [9.17, 15) is 35.5 Å². The smallest absolute Gasteiger partial charge is 0.543 e. The summed E-state index contributed by atoms with van der Waals surface area (Å²) in [7, 11) is 0. The average Bonchev–Trinajstić information content (AvgIpc) is 3.02. The summed E-state index contributed by atoms with van der Waals surface area (Å²) in [6, 6.07) is 7.77. The first kappa shape index (κ1) is 43.4. The van der Waals surface area contributed by atoms with Gasteiger partial charge in [0.05, 0.1) is 41.7 Å². The molecule has 270 valence electrons. The molecule has 1 saturated carbocycles. The fraction of sp³-hybridized carbons (Fsp3) is 0.333. The van der Waals surface area contributed by atoms with Crippen LogP contribution in [0.3, 0.4) is 0 Å². The van der Waals surface area contributed by atoms with Crippen LogP contribution in [0.5, 0.6) is 0 Å². The third-order valence-electron chi connectivity index (χ3n) is 6.54. The van der Waals surface area contributed by atoms with Crippen molar-refractivity contribution < 1.29 is 76.4 Å². The SMILES string of the molecule is N[C@@H]1CCCC[C@H]1N.Nc1ccc(C#CCN(C(=O)Cc2ncc(C(F)(F)F)cc2C(F)(F)F)c2ccc(F)cc2)nn1.O=C([O-])C(=O)[O-].[Pt+4]. The molecule has 4 rings (SSSR count). The molecule has 12 nitrogen and oxygen atoms in total. The van der Waals surface area contributed by atoms with Gasteiger partial charge in [-0.05, 0) is 61.2 Å². The number of anilines is 2. The minimum atomic E-state index is -5.20. The Kier molecular flexibility index (Phi) is 16.9. The maximum absolute atomic E-state index is 13.4. The zero-order chi connectivity index (χ0) is 36.9. The summed E-state index contributed by atoms with van der Waals surface area (Å²) in [6.45, 7) is -0.363. The van der Waals surface area contributed by atoms with E-state index in [1.807, 2.05) is 0 Å². The van der Waals surface area contributed by atoms with Crippen molar-refractivity contribution in [3.8, 4) is 11.8 Å². The summed E-state index contributed by atoms with van der Waals surface area (Å²) in [4.78, 5) is 35.0. The van der Waals surface area contributed by atoms with E-state index in [0.717, 1.165) is 29.9 Å². The number of nitrogen functional groups attached to an aromatic ring is 1. The van der Waals surface area contributed by atoms with Gasteiger partial charge < -0.3 is 41.9 Å². The zero-order valence-electron chi connectivity index (χ0n) is 25.5. The number of alkyl halides is 6. The van der Waals surface area contributed by atoms with Gasteiger partial charge in [-0.15, -0.1) is 10.2 Å². The summed E-state index contributed by atoms with van der Waals surface area (Å²) in [5.74, 6) is -0.630. The molecule has 6 N–H and O–H groups in total. The number of nitrogens with two attached hydrogens (primary N) is 3. The fourth-order valence-electron chi connectivity index (χ4n) is 4.02. The Hall–Kier alpha value is -4.66. The van der Waals surface area contributed by atoms with Crippen LogP contribution in [0.2, 0.25) is 0 Å². The number of nitrogens with zero attached hydrogens (tertiary/aromatic N) is 4. The second kappa shape index (κ2) is 19.5. The summed E-state index contributed by atoms with van der Waals surface area (Å²) in [6.07, 6.45) is -6.23. The van der Waals surface area contributed by atoms with Crippen LogP contribution in [0.4, 0.5) is 42.2 Å². The molecule has 1 fully saturated rings. The van der Waals surface area contributed by atoms with E-state index in [2.05, 4.69) is 27.0 Å². The molecule has 0 aliphatic heterocycles. The molecule has 1 aliphatic carbocycles. The van der Waals surface area contributed by atoms with E-state index in [4.69, 9.17) is 37.0 Å². The molecule has 0 saturated heterocycles. The Morgan fingerprint density at radius 1 is 0.880 bits per heavy atom. The van der Waals surface area contributed by atoms with Gasteiger partial charge in [0.1, 0.15) is 17.3 Å². The standard InChI is InChI=1S/C22H14F7N5O.C6H14N2.C2H2O4.Pt/c23-14-3-6-16(7-4-14)34(9-1-2-15-5-8-19(30)33-32-15)20(35)11-18-17(22(27,28)29)10-13(12-31-18)21(24,25)26;7-5-3-1-2-4-6(5)8;3-1(4)2(5)6;/h3-8,10,12H,9,11H2,(H2,30,33);5-6H,1-4,7-8H2;(H,3,4)(H,5,6);/q;;;+4/p-2/t;5-,6-;;/m.1../s1. The minimum absolute atomic E-state index is 0. The van der Waals surface area contributed by atoms with E-state index in [1.165, 1.54) is 37.1 Å². The summed E-state index contributed by atoms with van der Waals surface area (Å²) < 4.78 is 92.3. The van der Waals surface area contributed by atoms with Gasteiger partial charge in [0.15, 0.2) is 0 Å². The Balaban J connectivity index is 0.000000693. The van der Waals surface area contributed by atoms with Crippen molar-refractivity contribution in [2.45, 2.75) is 56.5 Å². The zero-order valence-corrected chi connectivity index (χ0v) is 27.8. The Morgan fingerprint density at radius 3 is 1.88 bits per heavy atom. The van der Waals surface area contributed by atoms with Crippen molar-refractivity contribution in [3.63, 3.8) is 0 Å². The maximum Gasteiger partial charge on any atom is 4.00 e. The molecule has 50 heavy (non-hydrogen) atoms. The Labute approximate surface area is 294 Å². The van der Waals surface area contributed by atoms with Crippen LogP contribution in [-0.2, 0) is 54.2 Å². The number of hydrogen-bond donors (Lipinski definition) is 3. The van der Waals surface area contributed by atoms with Gasteiger partial charge in [-0.2, -0.15) is 26.3 Å². The van der Waals surface area contributed by atoms with Crippen molar-refractivity contribution in [2.75, 3.05) is 17.2 Å². The number of carbonyl (C=O) groups is 3. The van der Waals surface area contributed by atoms with Gasteiger partial charge in [-0.3, -0.25) is 9.78 Å². The van der Waals surface area contributed by atoms with Crippen LogP contribution >= 0.6 is 0 Å². The number of rotatable bonds is 4. The van der Waals surface area contributed by atoms with Crippen LogP contribution in [0.1, 0.15) is 48.2 Å². The predicted molar refractivity (Wildman–Crippen MR) is 154 cm³/mol. The monoisotopic (exact) mass is 894 g/mol. The molecule has 2 heterocycles. The van der Waals surface area contributed by atoms with Gasteiger partial charge in [0.2, 0.25) is 5.91 Å². The molecule has 2 aromatic heterocycles. The van der Waals surface area contributed by atoms with Crippen molar-refractivity contribution >= 4 is 29.4 Å². The van der Waals surface area contributed by atoms with E-state index in [1.54, 1.807) is 0 Å². The predicted octanol–water partition coefficient (Wildman–Crippen LogP) is 0.957. The second-order valence-electron chi connectivity index (χ2n) is 10.2. The van der Waals surface area contributed by atoms with Crippen molar-refractivity contribution in [2.24, 2.45) is 11.5 Å². The number of amides is 1. The van der Waals surface area contributed by atoms with Crippen LogP contribution in [0.15, 0.2) is 48.7 Å². The Morgan fingerprint density at radius 2 is 1.44 bits per heavy atom. The molecule has 0 bridgehead atoms. The molecular formula is C30H28F7N7O5Pt+2. The Bertz CT molecular complexity index is 1630. The number of aliphatic carboxylic acids is 2. The normalized spacial score (nSPS) is 15.3. The van der Waals surface area contributed by atoms with E-state index in [-0.39, 0.29) is 69.2 Å². The first-order valence-corrected chi connectivity index (χ1v) is 14.0. The van der Waals surface area contributed by atoms with E-state index < -0.39 is 59.3 Å². The van der Waals surface area contributed by atoms with Crippen molar-refractivity contribution in [1.29, 1.82) is 0 Å². The van der Waals surface area contributed by atoms with Crippen LogP contribution in [-0.4, -0.2) is 51.7 Å². The van der Waals surface area contributed by atoms with Gasteiger partial charge in [0, 0.05) is 24.0 Å². The molecule has 1 amide bonds. The molecule has 20 heteroatoms. The average molecular weight is 895 g/mol. The largest absolute Gasteiger partial charge is 4.00 e. The summed E-state index contributed by atoms with van der Waals surface area (Å²) in [5, 5.41) is 25.2. The van der Waals surface area contributed by atoms with Gasteiger partial charge >= 0.3 is 33.4 Å². The molecule has 0 radical (unpaired) electrons. The number of aromatic nitrogens is 3. The summed E-state index contributed by atoms with van der Waals surface area (Å²) in [5.41, 5.74) is 12.8.